The maximum Gasteiger partial charge on any atom is 0.311 e. The standard InChI is InChI=1S/C16H15N3O2S/c1-10-8-11(2)19(18-10)15-14(22-16(20)17-15)9-12-4-6-13(21-3)7-5-12/h4-9H,1-3H3/b14-9-. The van der Waals surface area contributed by atoms with Crippen LogP contribution in [-0.2, 0) is 0 Å². The topological polar surface area (TPSA) is 56.5 Å². The molecule has 0 radical (unpaired) electrons. The van der Waals surface area contributed by atoms with E-state index < -0.39 is 0 Å². The molecule has 1 aliphatic rings. The fourth-order valence-electron chi connectivity index (χ4n) is 2.24. The molecule has 0 bridgehead atoms. The van der Waals surface area contributed by atoms with Crippen LogP contribution >= 0.6 is 11.8 Å². The zero-order valence-corrected chi connectivity index (χ0v) is 13.3. The lowest BCUT2D eigenvalue weighted by molar-refractivity contribution is 0.268. The number of allylic oxidation sites excluding steroid dienone is 1. The Labute approximate surface area is 132 Å². The minimum atomic E-state index is -0.220. The van der Waals surface area contributed by atoms with E-state index in [4.69, 9.17) is 4.74 Å². The number of ether oxygens (including phenoxy) is 1. The zero-order chi connectivity index (χ0) is 15.7. The number of aromatic nitrogens is 2. The third-order valence-electron chi connectivity index (χ3n) is 3.24. The molecule has 0 spiro atoms. The van der Waals surface area contributed by atoms with Crippen molar-refractivity contribution in [1.82, 2.24) is 9.78 Å². The van der Waals surface area contributed by atoms with E-state index in [2.05, 4.69) is 10.1 Å². The molecule has 0 saturated carbocycles. The Kier molecular flexibility index (Phi) is 3.85. The van der Waals surface area contributed by atoms with Crippen molar-refractivity contribution in [3.05, 3.63) is 52.2 Å². The molecule has 2 heterocycles. The summed E-state index contributed by atoms with van der Waals surface area (Å²) in [5.74, 6) is 1.38. The molecule has 0 atom stereocenters. The van der Waals surface area contributed by atoms with Crippen LogP contribution in [0, 0.1) is 13.8 Å². The van der Waals surface area contributed by atoms with Crippen molar-refractivity contribution in [2.24, 2.45) is 4.99 Å². The monoisotopic (exact) mass is 313 g/mol. The molecule has 6 heteroatoms. The number of hydrogen-bond acceptors (Lipinski definition) is 4. The van der Waals surface area contributed by atoms with E-state index in [0.29, 0.717) is 5.84 Å². The molecule has 0 fully saturated rings. The van der Waals surface area contributed by atoms with Gasteiger partial charge in [-0.25, -0.2) is 4.68 Å². The van der Waals surface area contributed by atoms with Crippen molar-refractivity contribution >= 4 is 28.9 Å². The second-order valence-electron chi connectivity index (χ2n) is 4.92. The maximum atomic E-state index is 11.7. The predicted molar refractivity (Wildman–Crippen MR) is 88.5 cm³/mol. The van der Waals surface area contributed by atoms with E-state index in [1.165, 1.54) is 0 Å². The largest absolute Gasteiger partial charge is 0.497 e. The SMILES string of the molecule is COc1ccc(/C=C2\SC(=O)N=C2n2nc(C)cc2C)cc1. The Bertz CT molecular complexity index is 788. The van der Waals surface area contributed by atoms with Gasteiger partial charge in [0.1, 0.15) is 5.75 Å². The Morgan fingerprint density at radius 3 is 2.55 bits per heavy atom. The van der Waals surface area contributed by atoms with Gasteiger partial charge in [0.15, 0.2) is 5.84 Å². The highest BCUT2D eigenvalue weighted by Crippen LogP contribution is 2.30. The number of rotatable bonds is 2. The number of carbonyl (C=O) groups is 1. The number of methoxy groups -OCH3 is 1. The third kappa shape index (κ3) is 2.82. The summed E-state index contributed by atoms with van der Waals surface area (Å²) in [6, 6.07) is 9.60. The Balaban J connectivity index is 1.98. The molecule has 0 saturated heterocycles. The van der Waals surface area contributed by atoms with Crippen LogP contribution in [0.25, 0.3) is 6.08 Å². The minimum absolute atomic E-state index is 0.220. The van der Waals surface area contributed by atoms with Gasteiger partial charge in [0, 0.05) is 5.69 Å². The van der Waals surface area contributed by atoms with Gasteiger partial charge in [-0.2, -0.15) is 10.1 Å². The van der Waals surface area contributed by atoms with Crippen molar-refractivity contribution in [3.8, 4) is 5.75 Å². The van der Waals surface area contributed by atoms with Gasteiger partial charge in [0.2, 0.25) is 0 Å². The first-order valence-corrected chi connectivity index (χ1v) is 7.59. The van der Waals surface area contributed by atoms with Crippen LogP contribution in [0.4, 0.5) is 4.79 Å². The van der Waals surface area contributed by atoms with Gasteiger partial charge >= 0.3 is 5.24 Å². The Hall–Kier alpha value is -2.34. The first kappa shape index (κ1) is 14.6. The van der Waals surface area contributed by atoms with Crippen LogP contribution in [0.1, 0.15) is 17.0 Å². The van der Waals surface area contributed by atoms with Gasteiger partial charge in [-0.15, -0.1) is 0 Å². The molecule has 1 aromatic carbocycles. The molecule has 112 valence electrons. The number of hydrogen-bond donors (Lipinski definition) is 0. The molecule has 0 unspecified atom stereocenters. The number of thioether (sulfide) groups is 1. The number of aryl methyl sites for hydroxylation is 2. The van der Waals surface area contributed by atoms with Gasteiger partial charge < -0.3 is 4.74 Å². The predicted octanol–water partition coefficient (Wildman–Crippen LogP) is 3.66. The maximum absolute atomic E-state index is 11.7. The van der Waals surface area contributed by atoms with Crippen LogP contribution in [0.2, 0.25) is 0 Å². The third-order valence-corrected chi connectivity index (χ3v) is 4.02. The molecule has 1 amide bonds. The van der Waals surface area contributed by atoms with Gasteiger partial charge in [0.05, 0.1) is 17.7 Å². The van der Waals surface area contributed by atoms with Crippen LogP contribution in [0.5, 0.6) is 5.75 Å². The van der Waals surface area contributed by atoms with Crippen LogP contribution in [-0.4, -0.2) is 28.0 Å². The molecular weight excluding hydrogens is 298 g/mol. The van der Waals surface area contributed by atoms with Crippen molar-refractivity contribution in [2.75, 3.05) is 7.11 Å². The van der Waals surface area contributed by atoms with Crippen molar-refractivity contribution < 1.29 is 9.53 Å². The van der Waals surface area contributed by atoms with E-state index >= 15 is 0 Å². The fourth-order valence-corrected chi connectivity index (χ4v) is 2.98. The molecule has 0 aliphatic carbocycles. The van der Waals surface area contributed by atoms with Crippen molar-refractivity contribution in [2.45, 2.75) is 13.8 Å². The second kappa shape index (κ2) is 5.81. The highest BCUT2D eigenvalue weighted by Gasteiger charge is 2.24. The van der Waals surface area contributed by atoms with Crippen molar-refractivity contribution in [1.29, 1.82) is 0 Å². The summed E-state index contributed by atoms with van der Waals surface area (Å²) in [4.78, 5) is 16.6. The summed E-state index contributed by atoms with van der Waals surface area (Å²) < 4.78 is 6.86. The fraction of sp³-hybridized carbons (Fsp3) is 0.188. The average molecular weight is 313 g/mol. The molecular formula is C16H15N3O2S. The van der Waals surface area contributed by atoms with Gasteiger partial charge in [-0.05, 0) is 55.4 Å². The number of nitrogens with zero attached hydrogens (tertiary/aromatic N) is 3. The van der Waals surface area contributed by atoms with Gasteiger partial charge in [0.25, 0.3) is 0 Å². The van der Waals surface area contributed by atoms with Crippen molar-refractivity contribution in [3.63, 3.8) is 0 Å². The van der Waals surface area contributed by atoms with Crippen LogP contribution in [0.15, 0.2) is 40.2 Å². The summed E-state index contributed by atoms with van der Waals surface area (Å²) in [7, 11) is 1.63. The molecule has 1 aromatic heterocycles. The quantitative estimate of drug-likeness (QED) is 0.849. The highest BCUT2D eigenvalue weighted by atomic mass is 32.2. The molecule has 22 heavy (non-hydrogen) atoms. The van der Waals surface area contributed by atoms with E-state index in [0.717, 1.165) is 39.4 Å². The molecule has 3 rings (SSSR count). The number of aliphatic imine (C=N–C) groups is 1. The lowest BCUT2D eigenvalue weighted by Gasteiger charge is -2.05. The smallest absolute Gasteiger partial charge is 0.311 e. The summed E-state index contributed by atoms with van der Waals surface area (Å²) in [5.41, 5.74) is 2.83. The molecule has 2 aromatic rings. The van der Waals surface area contributed by atoms with Crippen LogP contribution in [0.3, 0.4) is 0 Å². The lowest BCUT2D eigenvalue weighted by atomic mass is 10.2. The molecule has 5 nitrogen and oxygen atoms in total. The average Bonchev–Trinajstić information content (AvgIpc) is 3.01. The summed E-state index contributed by atoms with van der Waals surface area (Å²) >= 11 is 1.12. The van der Waals surface area contributed by atoms with Crippen LogP contribution < -0.4 is 4.74 Å². The Morgan fingerprint density at radius 1 is 1.23 bits per heavy atom. The highest BCUT2D eigenvalue weighted by molar-refractivity contribution is 8.18. The Morgan fingerprint density at radius 2 is 1.95 bits per heavy atom. The van der Waals surface area contributed by atoms with E-state index in [1.807, 2.05) is 50.3 Å². The summed E-state index contributed by atoms with van der Waals surface area (Å²) in [5, 5.41) is 4.19. The van der Waals surface area contributed by atoms with Gasteiger partial charge in [-0.1, -0.05) is 12.1 Å². The number of amides is 1. The van der Waals surface area contributed by atoms with E-state index in [9.17, 15) is 4.79 Å². The zero-order valence-electron chi connectivity index (χ0n) is 12.5. The van der Waals surface area contributed by atoms with E-state index in [1.54, 1.807) is 11.8 Å². The summed E-state index contributed by atoms with van der Waals surface area (Å²) in [6.07, 6.45) is 1.93. The second-order valence-corrected chi connectivity index (χ2v) is 5.92. The minimum Gasteiger partial charge on any atom is -0.497 e. The summed E-state index contributed by atoms with van der Waals surface area (Å²) in [6.45, 7) is 3.86. The molecule has 0 N–H and O–H groups in total. The first-order chi connectivity index (χ1) is 10.6. The number of carbonyl (C=O) groups excluding carboxylic acids is 1. The molecule has 1 aliphatic heterocycles. The number of benzene rings is 1. The first-order valence-electron chi connectivity index (χ1n) is 6.77. The normalized spacial score (nSPS) is 16.2. The lowest BCUT2D eigenvalue weighted by Crippen LogP contribution is -2.14. The van der Waals surface area contributed by atoms with E-state index in [-0.39, 0.29) is 5.24 Å². The van der Waals surface area contributed by atoms with Gasteiger partial charge in [-0.3, -0.25) is 4.79 Å².